The molecule has 3 N–H and O–H groups in total. The number of alkyl carbamates (subject to hydrolysis) is 1. The average Bonchev–Trinajstić information content (AvgIpc) is 4.04. The molecule has 3 fully saturated rings. The molecule has 306 valence electrons. The number of pyridine rings is 1. The van der Waals surface area contributed by atoms with Crippen molar-refractivity contribution in [2.24, 2.45) is 17.8 Å². The zero-order valence-corrected chi connectivity index (χ0v) is 32.7. The van der Waals surface area contributed by atoms with E-state index in [1.807, 2.05) is 13.0 Å². The number of sulfonamides is 1. The zero-order chi connectivity index (χ0) is 40.8. The third-order valence-electron chi connectivity index (χ3n) is 11.1. The van der Waals surface area contributed by atoms with Gasteiger partial charge < -0.3 is 29.7 Å². The number of benzene rings is 1. The highest BCUT2D eigenvalue weighted by molar-refractivity contribution is 7.91. The molecule has 3 heterocycles. The van der Waals surface area contributed by atoms with E-state index < -0.39 is 86.4 Å². The highest BCUT2D eigenvalue weighted by Crippen LogP contribution is 2.46. The Balaban J connectivity index is 1.34. The molecule has 6 rings (SSSR count). The number of nitrogens with one attached hydrogen (secondary N) is 3. The van der Waals surface area contributed by atoms with Crippen LogP contribution >= 0.6 is 0 Å². The van der Waals surface area contributed by atoms with Crippen LogP contribution < -0.4 is 24.8 Å². The van der Waals surface area contributed by atoms with Crippen molar-refractivity contribution in [1.29, 1.82) is 0 Å². The quantitative estimate of drug-likeness (QED) is 0.321. The first kappa shape index (κ1) is 41.0. The minimum Gasteiger partial charge on any atom is -0.497 e. The van der Waals surface area contributed by atoms with Gasteiger partial charge in [-0.15, -0.1) is 0 Å². The molecule has 0 radical (unpaired) electrons. The molecule has 1 aromatic heterocycles. The zero-order valence-electron chi connectivity index (χ0n) is 31.9. The predicted molar refractivity (Wildman–Crippen MR) is 197 cm³/mol. The lowest BCUT2D eigenvalue weighted by Gasteiger charge is -2.34. The van der Waals surface area contributed by atoms with Gasteiger partial charge in [0.15, 0.2) is 0 Å². The normalized spacial score (nSPS) is 29.5. The van der Waals surface area contributed by atoms with Gasteiger partial charge >= 0.3 is 12.3 Å². The van der Waals surface area contributed by atoms with E-state index in [0.717, 1.165) is 5.39 Å². The van der Waals surface area contributed by atoms with Crippen molar-refractivity contribution in [2.45, 2.75) is 113 Å². The maximum Gasteiger partial charge on any atom is 0.427 e. The number of amides is 4. The number of rotatable bonds is 8. The number of hydrogen-bond donors (Lipinski definition) is 3. The van der Waals surface area contributed by atoms with Crippen LogP contribution in [0.5, 0.6) is 11.6 Å². The first-order valence-electron chi connectivity index (χ1n) is 18.8. The van der Waals surface area contributed by atoms with Crippen molar-refractivity contribution in [3.63, 3.8) is 0 Å². The summed E-state index contributed by atoms with van der Waals surface area (Å²) in [7, 11) is -2.44. The van der Waals surface area contributed by atoms with Crippen molar-refractivity contribution in [2.75, 3.05) is 13.7 Å². The SMILES string of the molecule is COc1ccc2c(O[C@@H]3C[C@H]4C(=O)N[C@]5(C(=O)NS(=O)(=O)C6CC6)C[C@H]5/C=C\CC[C@H](C)C[C@@H](C)[C@H](NC(=O)OC(C)(C)C(F)(F)F)C(=O)N4C3)nccc2c1. The number of carbonyl (C=O) groups is 4. The minimum absolute atomic E-state index is 0.0308. The fraction of sp³-hybridized carbons (Fsp3) is 0.605. The third kappa shape index (κ3) is 8.69. The molecular formula is C38H48F3N5O9S. The van der Waals surface area contributed by atoms with Gasteiger partial charge in [-0.1, -0.05) is 26.0 Å². The summed E-state index contributed by atoms with van der Waals surface area (Å²) < 4.78 is 85.4. The topological polar surface area (TPSA) is 182 Å². The van der Waals surface area contributed by atoms with Gasteiger partial charge in [0.2, 0.25) is 33.3 Å². The first-order valence-corrected chi connectivity index (χ1v) is 20.3. The average molecular weight is 808 g/mol. The Morgan fingerprint density at radius 3 is 2.48 bits per heavy atom. The lowest BCUT2D eigenvalue weighted by molar-refractivity contribution is -0.244. The minimum atomic E-state index is -4.91. The number of allylic oxidation sites excluding steroid dienone is 1. The van der Waals surface area contributed by atoms with Crippen molar-refractivity contribution in [3.05, 3.63) is 42.6 Å². The molecule has 7 atom stereocenters. The molecule has 2 saturated carbocycles. The van der Waals surface area contributed by atoms with Crippen molar-refractivity contribution < 1.29 is 55.0 Å². The van der Waals surface area contributed by atoms with E-state index in [0.29, 0.717) is 57.1 Å². The molecular weight excluding hydrogens is 760 g/mol. The second-order valence-corrected chi connectivity index (χ2v) is 17.9. The number of fused-ring (bicyclic) bond motifs is 3. The number of methoxy groups -OCH3 is 1. The highest BCUT2D eigenvalue weighted by atomic mass is 32.2. The van der Waals surface area contributed by atoms with E-state index in [9.17, 15) is 40.8 Å². The van der Waals surface area contributed by atoms with Crippen LogP contribution in [0.25, 0.3) is 10.8 Å². The third-order valence-corrected chi connectivity index (χ3v) is 13.0. The number of ether oxygens (including phenoxy) is 3. The van der Waals surface area contributed by atoms with Crippen molar-refractivity contribution in [1.82, 2.24) is 25.2 Å². The van der Waals surface area contributed by atoms with E-state index >= 15 is 0 Å². The lowest BCUT2D eigenvalue weighted by Crippen LogP contribution is -2.59. The summed E-state index contributed by atoms with van der Waals surface area (Å²) in [5.74, 6) is -2.83. The van der Waals surface area contributed by atoms with Crippen LogP contribution in [0.4, 0.5) is 18.0 Å². The molecule has 0 bridgehead atoms. The van der Waals surface area contributed by atoms with Crippen LogP contribution in [-0.2, 0) is 29.1 Å². The number of alkyl halides is 3. The second-order valence-electron chi connectivity index (χ2n) is 16.0. The summed E-state index contributed by atoms with van der Waals surface area (Å²) in [6.07, 6.45) is 0.318. The molecule has 4 aliphatic rings. The smallest absolute Gasteiger partial charge is 0.427 e. The Labute approximate surface area is 323 Å². The summed E-state index contributed by atoms with van der Waals surface area (Å²) in [4.78, 5) is 61.5. The van der Waals surface area contributed by atoms with Crippen molar-refractivity contribution >= 4 is 44.6 Å². The molecule has 14 nitrogen and oxygen atoms in total. The highest BCUT2D eigenvalue weighted by Gasteiger charge is 2.62. The first-order chi connectivity index (χ1) is 26.2. The van der Waals surface area contributed by atoms with Gasteiger partial charge in [0.25, 0.3) is 5.91 Å². The number of aromatic nitrogens is 1. The maximum atomic E-state index is 14.7. The number of carbonyl (C=O) groups excluding carboxylic acids is 4. The molecule has 2 aliphatic carbocycles. The number of halogens is 3. The predicted octanol–water partition coefficient (Wildman–Crippen LogP) is 4.52. The molecule has 0 spiro atoms. The number of nitrogens with zero attached hydrogens (tertiary/aromatic N) is 2. The fourth-order valence-corrected chi connectivity index (χ4v) is 8.81. The molecule has 0 unspecified atom stereocenters. The van der Waals surface area contributed by atoms with Crippen LogP contribution in [-0.4, -0.2) is 96.5 Å². The Bertz CT molecular complexity index is 2010. The molecule has 56 heavy (non-hydrogen) atoms. The maximum absolute atomic E-state index is 14.7. The summed E-state index contributed by atoms with van der Waals surface area (Å²) in [6, 6.07) is 4.27. The Hall–Kier alpha value is -4.61. The summed E-state index contributed by atoms with van der Waals surface area (Å²) >= 11 is 0. The van der Waals surface area contributed by atoms with Gasteiger partial charge in [-0.3, -0.25) is 19.1 Å². The summed E-state index contributed by atoms with van der Waals surface area (Å²) in [6.45, 7) is 4.80. The van der Waals surface area contributed by atoms with Gasteiger partial charge in [-0.2, -0.15) is 13.2 Å². The molecule has 1 aromatic carbocycles. The molecule has 1 saturated heterocycles. The Morgan fingerprint density at radius 2 is 1.80 bits per heavy atom. The van der Waals surface area contributed by atoms with E-state index in [2.05, 4.69) is 20.3 Å². The molecule has 18 heteroatoms. The van der Waals surface area contributed by atoms with Gasteiger partial charge in [0, 0.05) is 23.9 Å². The monoisotopic (exact) mass is 807 g/mol. The molecule has 2 aliphatic heterocycles. The standard InChI is InChI=1S/C38H48F3N5O9S/c1-21-8-6-7-9-24-19-37(24,34(49)45-56(51,52)27-11-12-27)44-31(47)29-18-26(54-32-28-13-10-25(53-5)17-23(28)14-15-42-32)20-46(29)33(48)30(22(2)16-21)43-35(50)55-36(3,4)38(39,40)41/h7,9-10,13-15,17,21-22,24,26-27,29-30H,6,8,11-12,16,18-20H2,1-5H3,(H,43,50)(H,44,47)(H,45,49)/b9-7-/t21-,22+,24+,26+,29-,30-,37+/m0/s1. The van der Waals surface area contributed by atoms with Gasteiger partial charge in [0.05, 0.1) is 18.9 Å². The Morgan fingerprint density at radius 1 is 1.07 bits per heavy atom. The van der Waals surface area contributed by atoms with E-state index in [1.54, 1.807) is 37.3 Å². The van der Waals surface area contributed by atoms with Gasteiger partial charge in [-0.25, -0.2) is 18.2 Å². The van der Waals surface area contributed by atoms with Gasteiger partial charge in [0.1, 0.15) is 29.5 Å². The van der Waals surface area contributed by atoms with E-state index in [-0.39, 0.29) is 31.2 Å². The van der Waals surface area contributed by atoms with E-state index in [1.165, 1.54) is 18.2 Å². The van der Waals surface area contributed by atoms with Gasteiger partial charge in [-0.05, 0) is 93.9 Å². The summed E-state index contributed by atoms with van der Waals surface area (Å²) in [5, 5.41) is 5.82. The van der Waals surface area contributed by atoms with Crippen LogP contribution in [0.1, 0.15) is 72.6 Å². The second kappa shape index (κ2) is 15.4. The Kier molecular flexibility index (Phi) is 11.3. The van der Waals surface area contributed by atoms with Crippen LogP contribution in [0.15, 0.2) is 42.6 Å². The van der Waals surface area contributed by atoms with Crippen LogP contribution in [0, 0.1) is 17.8 Å². The summed E-state index contributed by atoms with van der Waals surface area (Å²) in [5.41, 5.74) is -4.50. The fourth-order valence-electron chi connectivity index (χ4n) is 7.45. The van der Waals surface area contributed by atoms with Crippen LogP contribution in [0.2, 0.25) is 0 Å². The molecule has 2 aromatic rings. The van der Waals surface area contributed by atoms with E-state index in [4.69, 9.17) is 14.2 Å². The molecule has 4 amide bonds. The lowest BCUT2D eigenvalue weighted by atomic mass is 9.88. The van der Waals surface area contributed by atoms with Crippen LogP contribution in [0.3, 0.4) is 0 Å². The number of hydrogen-bond acceptors (Lipinski definition) is 10. The van der Waals surface area contributed by atoms with Crippen molar-refractivity contribution in [3.8, 4) is 11.6 Å². The largest absolute Gasteiger partial charge is 0.497 e.